The zero-order valence-corrected chi connectivity index (χ0v) is 53.0. The standard InChI is InChI=1S/C20H21NO3.C16H16O2.2C7H14N.C7H16.C6H8N.2C2H6.3CH4.Re/c1-21-14-12-19(13-15-21)23-18(22)20(24-19,16-8-4-2-5-9-16)17-10-6-3-7-11-17;1-13-12-17-16(18-13,14-8-4-2-5-9-14)15-10-6-3-7-11-15;1-7-3-5-8(2)6-4-7;1-8(2)6-4-3-5-7-8;1-5-6-7(2,3)4;1-7-5-3-2-4-6-7;2*1-2;;;;/h2-11H,12-15H2,1H3;2-11,13H,12H2,1H3;3-6H2,1-2H3;3-4H,5-7H2,1-2H3;5-6H2,1-4H3;2-6H,1H3;2*1-2H3;3*1H4;/q;;-1;+1;;+1;;;;;;. The molecule has 0 saturated carbocycles. The number of rotatable bonds is 5. The molecule has 80 heavy (non-hydrogen) atoms. The van der Waals surface area contributed by atoms with Gasteiger partial charge in [0, 0.05) is 76.0 Å². The van der Waals surface area contributed by atoms with Crippen LogP contribution < -0.4 is 4.57 Å². The fraction of sp³-hybridized carbons (Fsp3) is 0.529. The van der Waals surface area contributed by atoms with Crippen LogP contribution in [-0.4, -0.2) is 106 Å². The minimum Gasteiger partial charge on any atom is -0.430 e. The van der Waals surface area contributed by atoms with Crippen molar-refractivity contribution >= 4 is 5.97 Å². The van der Waals surface area contributed by atoms with Gasteiger partial charge < -0.3 is 39.1 Å². The van der Waals surface area contributed by atoms with Crippen molar-refractivity contribution in [2.45, 2.75) is 160 Å². The summed E-state index contributed by atoms with van der Waals surface area (Å²) in [6.45, 7) is 28.7. The maximum atomic E-state index is 13.1. The number of likely N-dealkylation sites (N-methyl/N-ethyl adjacent to an activating group) is 1. The normalized spacial score (nSPS) is 18.8. The summed E-state index contributed by atoms with van der Waals surface area (Å²) < 4.78 is 27.7. The monoisotopic (exact) mass is 1280 g/mol. The van der Waals surface area contributed by atoms with Gasteiger partial charge in [0.15, 0.2) is 12.4 Å². The van der Waals surface area contributed by atoms with Crippen LogP contribution in [0.15, 0.2) is 164 Å². The molecule has 4 aromatic carbocycles. The summed E-state index contributed by atoms with van der Waals surface area (Å²) in [5.41, 5.74) is 3.09. The van der Waals surface area contributed by atoms with Crippen LogP contribution in [0.2, 0.25) is 0 Å². The minimum absolute atomic E-state index is 0. The van der Waals surface area contributed by atoms with E-state index in [-0.39, 0.29) is 54.8 Å². The molecule has 9 nitrogen and oxygen atoms in total. The van der Waals surface area contributed by atoms with Gasteiger partial charge in [-0.3, -0.25) is 0 Å². The Morgan fingerprint density at radius 1 is 0.662 bits per heavy atom. The van der Waals surface area contributed by atoms with E-state index in [1.807, 2.05) is 198 Å². The smallest absolute Gasteiger partial charge is 0.350 e. The van der Waals surface area contributed by atoms with E-state index in [1.54, 1.807) is 5.92 Å². The number of esters is 1. The van der Waals surface area contributed by atoms with E-state index in [9.17, 15) is 4.79 Å². The second-order valence-electron chi connectivity index (χ2n) is 21.9. The van der Waals surface area contributed by atoms with E-state index in [0.717, 1.165) is 39.8 Å². The van der Waals surface area contributed by atoms with Crippen molar-refractivity contribution in [1.29, 1.82) is 0 Å². The van der Waals surface area contributed by atoms with Crippen LogP contribution in [0.1, 0.15) is 159 Å². The molecule has 0 amide bonds. The molecule has 1 radical (unpaired) electrons. The number of benzene rings is 4. The van der Waals surface area contributed by atoms with Gasteiger partial charge in [-0.25, -0.2) is 9.36 Å². The van der Waals surface area contributed by atoms with Crippen LogP contribution in [0, 0.1) is 11.3 Å². The molecule has 6 heterocycles. The predicted octanol–water partition coefficient (Wildman–Crippen LogP) is 15.9. The Hall–Kier alpha value is -4.34. The van der Waals surface area contributed by atoms with Crippen molar-refractivity contribution in [2.24, 2.45) is 12.5 Å². The van der Waals surface area contributed by atoms with Crippen LogP contribution in [0.3, 0.4) is 0 Å². The number of pyridine rings is 1. The number of hydrogen-bond donors (Lipinski definition) is 0. The molecule has 10 rings (SSSR count). The first-order valence-corrected chi connectivity index (χ1v) is 28.4. The number of quaternary nitrogens is 1. The van der Waals surface area contributed by atoms with Gasteiger partial charge in [0.05, 0.1) is 39.9 Å². The second-order valence-corrected chi connectivity index (χ2v) is 21.9. The molecule has 1 unspecified atom stereocenters. The number of aryl methyl sites for hydroxylation is 1. The fourth-order valence-corrected chi connectivity index (χ4v) is 9.21. The summed E-state index contributed by atoms with van der Waals surface area (Å²) in [6.07, 6.45) is 16.6. The molecular formula is C70H113N4O5Re+. The molecule has 0 bridgehead atoms. The van der Waals surface area contributed by atoms with Crippen LogP contribution >= 0.6 is 0 Å². The maximum Gasteiger partial charge on any atom is 0.350 e. The number of ether oxygens (including phenoxy) is 4. The number of nitrogens with zero attached hydrogens (tertiary/aromatic N) is 4. The number of likely N-dealkylation sites (tertiary alicyclic amines) is 2. The summed E-state index contributed by atoms with van der Waals surface area (Å²) in [6, 6.07) is 45.5. The van der Waals surface area contributed by atoms with E-state index < -0.39 is 17.2 Å². The number of carbonyl (C=O) groups excluding carboxylic acids is 1. The Kier molecular flexibility index (Phi) is 38.8. The molecule has 0 N–H and O–H groups in total. The molecule has 1 aromatic heterocycles. The van der Waals surface area contributed by atoms with E-state index in [2.05, 4.69) is 84.8 Å². The minimum atomic E-state index is -1.18. The predicted molar refractivity (Wildman–Crippen MR) is 337 cm³/mol. The van der Waals surface area contributed by atoms with Gasteiger partial charge >= 0.3 is 5.97 Å². The molecule has 1 spiro atoms. The quantitative estimate of drug-likeness (QED) is 0.0571. The Balaban J connectivity index is 0. The van der Waals surface area contributed by atoms with Gasteiger partial charge in [0.25, 0.3) is 0 Å². The molecule has 4 fully saturated rings. The van der Waals surface area contributed by atoms with E-state index in [4.69, 9.17) is 18.9 Å². The van der Waals surface area contributed by atoms with Crippen molar-refractivity contribution < 1.29 is 53.2 Å². The first-order chi connectivity index (χ1) is 36.4. The van der Waals surface area contributed by atoms with Crippen molar-refractivity contribution in [3.05, 3.63) is 192 Å². The first-order valence-electron chi connectivity index (χ1n) is 28.4. The third kappa shape index (κ3) is 25.4. The third-order valence-corrected chi connectivity index (χ3v) is 13.6. The fourth-order valence-electron chi connectivity index (χ4n) is 9.21. The topological polar surface area (TPSA) is 64.4 Å². The van der Waals surface area contributed by atoms with E-state index >= 15 is 0 Å². The Labute approximate surface area is 504 Å². The zero-order chi connectivity index (χ0) is 56.1. The average molecular weight is 1280 g/mol. The van der Waals surface area contributed by atoms with E-state index in [1.165, 1.54) is 58.3 Å². The van der Waals surface area contributed by atoms with Crippen LogP contribution in [0.4, 0.5) is 0 Å². The average Bonchev–Trinajstić information content (AvgIpc) is 3.98. The van der Waals surface area contributed by atoms with Crippen LogP contribution in [0.5, 0.6) is 0 Å². The summed E-state index contributed by atoms with van der Waals surface area (Å²) in [5, 5.41) is 0. The van der Waals surface area contributed by atoms with Crippen molar-refractivity contribution in [3.63, 3.8) is 0 Å². The SMILES string of the molecule is C.C.C.CC.CC.CC1COC(c2ccccc2)(c2ccccc2)O1.CCCC(C)(C)C.CN1CCC2(CC1)OC(=O)C(c1ccccc1)(c1ccccc1)O2.C[C-]1CCN(C)CC1.C[N+]1(C)CC=CCC1.C[n+]1ccccc1.[Re]. The molecule has 5 aliphatic heterocycles. The second kappa shape index (κ2) is 40.0. The maximum absolute atomic E-state index is 13.1. The molecule has 0 aliphatic carbocycles. The van der Waals surface area contributed by atoms with Crippen molar-refractivity contribution in [1.82, 2.24) is 9.80 Å². The summed E-state index contributed by atoms with van der Waals surface area (Å²) in [5.74, 6) is -0.218. The Morgan fingerprint density at radius 2 is 1.07 bits per heavy atom. The third-order valence-electron chi connectivity index (χ3n) is 13.6. The first kappa shape index (κ1) is 77.7. The van der Waals surface area contributed by atoms with E-state index in [0.29, 0.717) is 24.9 Å². The number of carbonyl (C=O) groups is 1. The summed E-state index contributed by atoms with van der Waals surface area (Å²) in [7, 11) is 10.8. The molecule has 449 valence electrons. The van der Waals surface area contributed by atoms with Crippen molar-refractivity contribution in [3.8, 4) is 0 Å². The number of hydrogen-bond acceptors (Lipinski definition) is 7. The molecule has 10 heteroatoms. The molecule has 1 atom stereocenters. The Morgan fingerprint density at radius 3 is 1.38 bits per heavy atom. The molecule has 4 saturated heterocycles. The van der Waals surface area contributed by atoms with Gasteiger partial charge in [0.1, 0.15) is 7.05 Å². The van der Waals surface area contributed by atoms with Gasteiger partial charge in [0.2, 0.25) is 17.2 Å². The van der Waals surface area contributed by atoms with Crippen LogP contribution in [-0.2, 0) is 62.6 Å². The van der Waals surface area contributed by atoms with Gasteiger partial charge in [-0.05, 0) is 63.1 Å². The number of aromatic nitrogens is 1. The number of piperidine rings is 2. The molecular weight excluding hydrogens is 1160 g/mol. The van der Waals surface area contributed by atoms with Crippen molar-refractivity contribution in [2.75, 3.05) is 74.1 Å². The molecule has 5 aromatic rings. The summed E-state index contributed by atoms with van der Waals surface area (Å²) in [4.78, 5) is 17.7. The largest absolute Gasteiger partial charge is 0.430 e. The zero-order valence-electron chi connectivity index (χ0n) is 50.3. The van der Waals surface area contributed by atoms with Gasteiger partial charge in [-0.1, -0.05) is 218 Å². The molecule has 5 aliphatic rings. The Bertz CT molecular complexity index is 2210. The van der Waals surface area contributed by atoms with Gasteiger partial charge in [-0.2, -0.15) is 19.8 Å². The van der Waals surface area contributed by atoms with Crippen LogP contribution in [0.25, 0.3) is 0 Å². The summed E-state index contributed by atoms with van der Waals surface area (Å²) >= 11 is 0. The van der Waals surface area contributed by atoms with Gasteiger partial charge in [-0.15, -0.1) is 0 Å².